The molecule has 0 unspecified atom stereocenters. The van der Waals surface area contributed by atoms with Crippen molar-refractivity contribution in [2.45, 2.75) is 69.5 Å². The summed E-state index contributed by atoms with van der Waals surface area (Å²) in [5.41, 5.74) is 5.68. The molecule has 5 fully saturated rings. The summed E-state index contributed by atoms with van der Waals surface area (Å²) in [5.74, 6) is -0.539. The molecule has 0 radical (unpaired) electrons. The normalized spacial score (nSPS) is 61.8. The average Bonchev–Trinajstić information content (AvgIpc) is 2.63. The summed E-state index contributed by atoms with van der Waals surface area (Å²) in [6, 6.07) is 0.0624. The molecule has 6 heteroatoms. The predicted octanol–water partition coefficient (Wildman–Crippen LogP) is 0.878. The minimum atomic E-state index is -0.822. The third kappa shape index (κ3) is 1.55. The summed E-state index contributed by atoms with van der Waals surface area (Å²) in [6.45, 7) is 3.85. The maximum atomic E-state index is 10.2. The largest absolute Gasteiger partial charge is 0.368 e. The SMILES string of the molecule is C[C@H]1[C@H](O)O[C@@H]2O[C@@]3(C)CC[C@H]4[C@H](N)CC[C@@H]1[C@@]24OO3. The van der Waals surface area contributed by atoms with Crippen molar-refractivity contribution in [2.75, 3.05) is 0 Å². The molecule has 5 rings (SSSR count). The molecule has 2 bridgehead atoms. The van der Waals surface area contributed by atoms with Gasteiger partial charge >= 0.3 is 0 Å². The van der Waals surface area contributed by atoms with Crippen LogP contribution < -0.4 is 5.73 Å². The number of aliphatic hydroxyl groups is 1. The minimum absolute atomic E-state index is 0.0177. The first-order chi connectivity index (χ1) is 9.46. The lowest BCUT2D eigenvalue weighted by atomic mass is 9.60. The molecule has 114 valence electrons. The summed E-state index contributed by atoms with van der Waals surface area (Å²) in [6.07, 6.45) is 2.05. The second-order valence-electron chi connectivity index (χ2n) is 6.98. The Morgan fingerprint density at radius 3 is 2.75 bits per heavy atom. The molecule has 4 aliphatic heterocycles. The maximum absolute atomic E-state index is 10.2. The Bertz CT molecular complexity index is 416. The van der Waals surface area contributed by atoms with Gasteiger partial charge in [0.2, 0.25) is 5.79 Å². The van der Waals surface area contributed by atoms with Gasteiger partial charge in [-0.25, -0.2) is 9.78 Å². The van der Waals surface area contributed by atoms with E-state index in [9.17, 15) is 5.11 Å². The smallest absolute Gasteiger partial charge is 0.201 e. The monoisotopic (exact) mass is 285 g/mol. The summed E-state index contributed by atoms with van der Waals surface area (Å²) in [7, 11) is 0. The highest BCUT2D eigenvalue weighted by Gasteiger charge is 2.69. The van der Waals surface area contributed by atoms with Crippen LogP contribution in [0, 0.1) is 17.8 Å². The Labute approximate surface area is 118 Å². The zero-order valence-corrected chi connectivity index (χ0v) is 12.0. The second kappa shape index (κ2) is 4.15. The molecule has 3 N–H and O–H groups in total. The highest BCUT2D eigenvalue weighted by Crippen LogP contribution is 2.58. The van der Waals surface area contributed by atoms with E-state index < -0.39 is 24.0 Å². The summed E-state index contributed by atoms with van der Waals surface area (Å²) in [4.78, 5) is 11.5. The lowest BCUT2D eigenvalue weighted by molar-refractivity contribution is -0.575. The molecule has 20 heavy (non-hydrogen) atoms. The molecule has 5 aliphatic rings. The van der Waals surface area contributed by atoms with Crippen LogP contribution in [-0.4, -0.2) is 35.1 Å². The van der Waals surface area contributed by atoms with Crippen molar-refractivity contribution in [1.82, 2.24) is 0 Å². The van der Waals surface area contributed by atoms with Crippen molar-refractivity contribution in [1.29, 1.82) is 0 Å². The molecule has 1 spiro atoms. The molecule has 8 atom stereocenters. The van der Waals surface area contributed by atoms with Crippen LogP contribution in [0.1, 0.15) is 39.5 Å². The molecule has 6 nitrogen and oxygen atoms in total. The number of aliphatic hydroxyl groups excluding tert-OH is 1. The van der Waals surface area contributed by atoms with E-state index in [0.717, 1.165) is 25.7 Å². The van der Waals surface area contributed by atoms with E-state index in [1.807, 2.05) is 13.8 Å². The van der Waals surface area contributed by atoms with Crippen LogP contribution in [0.15, 0.2) is 0 Å². The molecule has 0 aromatic carbocycles. The number of nitrogens with two attached hydrogens (primary N) is 1. The van der Waals surface area contributed by atoms with Gasteiger partial charge in [0.1, 0.15) is 0 Å². The molecular formula is C14H23NO5. The first-order valence-electron chi connectivity index (χ1n) is 7.60. The van der Waals surface area contributed by atoms with E-state index in [-0.39, 0.29) is 23.8 Å². The van der Waals surface area contributed by atoms with E-state index in [1.54, 1.807) is 0 Å². The van der Waals surface area contributed by atoms with Gasteiger partial charge in [0.25, 0.3) is 0 Å². The highest BCUT2D eigenvalue weighted by molar-refractivity contribution is 5.10. The Kier molecular flexibility index (Phi) is 2.79. The Hall–Kier alpha value is -0.240. The first kappa shape index (κ1) is 13.4. The van der Waals surface area contributed by atoms with Gasteiger partial charge in [-0.3, -0.25) is 0 Å². The van der Waals surface area contributed by atoms with Crippen LogP contribution >= 0.6 is 0 Å². The van der Waals surface area contributed by atoms with Crippen molar-refractivity contribution in [3.63, 3.8) is 0 Å². The number of fused-ring (bicyclic) bond motifs is 2. The molecule has 0 amide bonds. The van der Waals surface area contributed by atoms with Gasteiger partial charge in [-0.1, -0.05) is 6.92 Å². The first-order valence-corrected chi connectivity index (χ1v) is 7.60. The van der Waals surface area contributed by atoms with Gasteiger partial charge in [-0.15, -0.1) is 0 Å². The van der Waals surface area contributed by atoms with Crippen LogP contribution in [0.25, 0.3) is 0 Å². The second-order valence-corrected chi connectivity index (χ2v) is 6.98. The van der Waals surface area contributed by atoms with Crippen molar-refractivity contribution >= 4 is 0 Å². The van der Waals surface area contributed by atoms with Gasteiger partial charge in [-0.2, -0.15) is 0 Å². The fourth-order valence-electron chi connectivity index (χ4n) is 4.63. The number of ether oxygens (including phenoxy) is 2. The summed E-state index contributed by atoms with van der Waals surface area (Å²) < 4.78 is 11.7. The van der Waals surface area contributed by atoms with Crippen LogP contribution in [-0.2, 0) is 19.2 Å². The van der Waals surface area contributed by atoms with E-state index in [2.05, 4.69) is 0 Å². The fraction of sp³-hybridized carbons (Fsp3) is 1.00. The van der Waals surface area contributed by atoms with E-state index >= 15 is 0 Å². The van der Waals surface area contributed by atoms with Crippen molar-refractivity contribution < 1.29 is 24.4 Å². The van der Waals surface area contributed by atoms with E-state index in [4.69, 9.17) is 25.0 Å². The summed E-state index contributed by atoms with van der Waals surface area (Å²) in [5, 5.41) is 10.2. The maximum Gasteiger partial charge on any atom is 0.201 e. The third-order valence-corrected chi connectivity index (χ3v) is 5.83. The zero-order chi connectivity index (χ0) is 14.1. The van der Waals surface area contributed by atoms with Crippen LogP contribution in [0.3, 0.4) is 0 Å². The van der Waals surface area contributed by atoms with Crippen LogP contribution in [0.4, 0.5) is 0 Å². The van der Waals surface area contributed by atoms with Gasteiger partial charge < -0.3 is 20.3 Å². The van der Waals surface area contributed by atoms with Crippen LogP contribution in [0.2, 0.25) is 0 Å². The fourth-order valence-corrected chi connectivity index (χ4v) is 4.63. The van der Waals surface area contributed by atoms with E-state index in [0.29, 0.717) is 0 Å². The van der Waals surface area contributed by atoms with Crippen molar-refractivity contribution in [3.05, 3.63) is 0 Å². The van der Waals surface area contributed by atoms with Gasteiger partial charge in [-0.05, 0) is 26.2 Å². The quantitative estimate of drug-likeness (QED) is 0.643. The number of hydrogen-bond acceptors (Lipinski definition) is 6. The van der Waals surface area contributed by atoms with Gasteiger partial charge in [0.15, 0.2) is 18.2 Å². The van der Waals surface area contributed by atoms with E-state index in [1.165, 1.54) is 0 Å². The van der Waals surface area contributed by atoms with Gasteiger partial charge in [0.05, 0.1) is 0 Å². The van der Waals surface area contributed by atoms with Crippen LogP contribution in [0.5, 0.6) is 0 Å². The Morgan fingerprint density at radius 2 is 1.95 bits per heavy atom. The molecule has 0 aromatic rings. The molecule has 4 saturated heterocycles. The highest BCUT2D eigenvalue weighted by atomic mass is 17.3. The molecule has 0 aromatic heterocycles. The van der Waals surface area contributed by atoms with Crippen molar-refractivity contribution in [3.8, 4) is 0 Å². The topological polar surface area (TPSA) is 83.2 Å². The van der Waals surface area contributed by atoms with Gasteiger partial charge in [0, 0.05) is 30.2 Å². The number of rotatable bonds is 0. The number of hydrogen-bond donors (Lipinski definition) is 2. The third-order valence-electron chi connectivity index (χ3n) is 5.83. The lowest BCUT2D eigenvalue weighted by Gasteiger charge is -2.59. The molecule has 1 saturated carbocycles. The lowest BCUT2D eigenvalue weighted by Crippen LogP contribution is -2.71. The Balaban J connectivity index is 1.82. The Morgan fingerprint density at radius 1 is 1.15 bits per heavy atom. The molecule has 1 aliphatic carbocycles. The predicted molar refractivity (Wildman–Crippen MR) is 67.9 cm³/mol. The standard InChI is InChI=1S/C14H23NO5/c1-7-8-3-4-10(15)9-5-6-13(2)18-12(17-11(7)16)14(8,9)20-19-13/h7-12,16H,3-6,15H2,1-2H3/t7-,8+,9+,10-,11-,12-,13-,14+/m1/s1. The average molecular weight is 285 g/mol. The minimum Gasteiger partial charge on any atom is -0.368 e. The van der Waals surface area contributed by atoms with Crippen molar-refractivity contribution in [2.24, 2.45) is 23.5 Å². The molecule has 4 heterocycles. The summed E-state index contributed by atoms with van der Waals surface area (Å²) >= 11 is 0. The zero-order valence-electron chi connectivity index (χ0n) is 12.0. The molecular weight excluding hydrogens is 262 g/mol.